The van der Waals surface area contributed by atoms with Gasteiger partial charge in [-0.1, -0.05) is 77.3 Å². The minimum absolute atomic E-state index is 0.0180. The molecule has 4 aromatic carbocycles. The van der Waals surface area contributed by atoms with Crippen LogP contribution >= 0.6 is 23.2 Å². The van der Waals surface area contributed by atoms with E-state index in [4.69, 9.17) is 27.9 Å². The van der Waals surface area contributed by atoms with E-state index in [0.717, 1.165) is 158 Å². The van der Waals surface area contributed by atoms with E-state index < -0.39 is 5.82 Å². The largest absolute Gasteiger partial charge is 0.497 e. The second-order valence-corrected chi connectivity index (χ2v) is 35.7. The molecule has 6 atom stereocenters. The molecule has 32 heteroatoms. The second kappa shape index (κ2) is 42.1. The van der Waals surface area contributed by atoms with E-state index in [0.29, 0.717) is 76.2 Å². The Morgan fingerprint density at radius 2 is 0.770 bits per heavy atom. The summed E-state index contributed by atoms with van der Waals surface area (Å²) in [6.45, 7) is 22.9. The van der Waals surface area contributed by atoms with Crippen LogP contribution in [-0.2, 0) is 32.2 Å². The first kappa shape index (κ1) is 92.2. The number of nitrogens with one attached hydrogen (secondary N) is 4. The third-order valence-corrected chi connectivity index (χ3v) is 26.4. The van der Waals surface area contributed by atoms with Crippen molar-refractivity contribution in [2.24, 2.45) is 0 Å². The number of aryl methyl sites for hydroxylation is 1. The van der Waals surface area contributed by atoms with Crippen molar-refractivity contribution < 1.29 is 28.3 Å². The van der Waals surface area contributed by atoms with E-state index in [1.807, 2.05) is 170 Å². The molecular weight excluding hydrogens is 1740 g/mol. The van der Waals surface area contributed by atoms with Gasteiger partial charge in [0.05, 0.1) is 47.0 Å². The van der Waals surface area contributed by atoms with Gasteiger partial charge in [-0.15, -0.1) is 0 Å². The molecule has 0 bridgehead atoms. The predicted octanol–water partition coefficient (Wildman–Crippen LogP) is 16.8. The molecule has 8 aliphatic rings. The normalized spacial score (nSPS) is 17.9. The van der Waals surface area contributed by atoms with Gasteiger partial charge >= 0.3 is 24.1 Å². The number of urea groups is 4. The lowest BCUT2D eigenvalue weighted by molar-refractivity contribution is 0.167. The third-order valence-electron chi connectivity index (χ3n) is 25.8. The summed E-state index contributed by atoms with van der Waals surface area (Å²) < 4.78 is 18.7. The molecule has 12 heterocycles. The maximum absolute atomic E-state index is 13.4. The molecule has 29 nitrogen and oxygen atoms in total. The maximum Gasteiger partial charge on any atom is 0.322 e. The average Bonchev–Trinajstić information content (AvgIpc) is 1.70. The molecule has 8 aromatic heterocycles. The highest BCUT2D eigenvalue weighted by molar-refractivity contribution is 6.31. The van der Waals surface area contributed by atoms with Gasteiger partial charge < -0.3 is 65.2 Å². The minimum Gasteiger partial charge on any atom is -0.497 e. The van der Waals surface area contributed by atoms with E-state index in [2.05, 4.69) is 177 Å². The van der Waals surface area contributed by atoms with Crippen LogP contribution in [0.1, 0.15) is 143 Å². The van der Waals surface area contributed by atoms with Crippen LogP contribution in [0.15, 0.2) is 214 Å². The van der Waals surface area contributed by atoms with Gasteiger partial charge in [0.2, 0.25) is 0 Å². The fraction of sp³-hybridized carbons (Fsp3) is 0.301. The average molecular weight is 1850 g/mol. The monoisotopic (exact) mass is 1850 g/mol. The molecule has 0 radical (unpaired) electrons. The van der Waals surface area contributed by atoms with Crippen molar-refractivity contribution in [2.45, 2.75) is 117 Å². The molecule has 690 valence electrons. The molecule has 4 N–H and O–H groups in total. The summed E-state index contributed by atoms with van der Waals surface area (Å²) >= 11 is 11.8. The molecule has 4 saturated heterocycles. The van der Waals surface area contributed by atoms with E-state index in [1.165, 1.54) is 46.1 Å². The number of pyridine rings is 4. The quantitative estimate of drug-likeness (QED) is 0.0698. The fourth-order valence-corrected chi connectivity index (χ4v) is 18.7. The molecule has 135 heavy (non-hydrogen) atoms. The van der Waals surface area contributed by atoms with Crippen molar-refractivity contribution >= 4 is 123 Å². The first-order valence-electron chi connectivity index (χ1n) is 45.6. The highest BCUT2D eigenvalue weighted by Crippen LogP contribution is 2.41. The Bertz CT molecular complexity index is 6410. The number of carbonyl (C=O) groups excluding carboxylic acids is 4. The molecule has 0 saturated carbocycles. The molecule has 8 amide bonds. The highest BCUT2D eigenvalue weighted by Gasteiger charge is 2.37. The number of piperazine rings is 4. The molecule has 0 spiro atoms. The first-order valence-corrected chi connectivity index (χ1v) is 46.3. The Labute approximate surface area is 794 Å². The van der Waals surface area contributed by atoms with Gasteiger partial charge in [0.15, 0.2) is 0 Å². The summed E-state index contributed by atoms with van der Waals surface area (Å²) in [6, 6.07) is 43.4. The number of nitrogens with zero attached hydrogens (tertiary/aromatic N) is 20. The summed E-state index contributed by atoms with van der Waals surface area (Å²) in [4.78, 5) is 121. The van der Waals surface area contributed by atoms with Crippen molar-refractivity contribution in [3.8, 4) is 5.75 Å². The first-order chi connectivity index (χ1) is 65.6. The molecule has 12 aromatic rings. The molecule has 0 unspecified atom stereocenters. The van der Waals surface area contributed by atoms with E-state index in [-0.39, 0.29) is 65.4 Å². The number of rotatable bonds is 16. The zero-order valence-corrected chi connectivity index (χ0v) is 78.1. The van der Waals surface area contributed by atoms with Crippen LogP contribution in [0.25, 0.3) is 46.6 Å². The van der Waals surface area contributed by atoms with Crippen LogP contribution in [0.3, 0.4) is 0 Å². The number of methoxy groups -OCH3 is 1. The van der Waals surface area contributed by atoms with Crippen LogP contribution < -0.4 is 45.6 Å². The number of benzene rings is 4. The molecule has 4 aliphatic carbocycles. The van der Waals surface area contributed by atoms with Gasteiger partial charge in [-0.3, -0.25) is 19.9 Å². The second-order valence-electron chi connectivity index (χ2n) is 34.9. The zero-order valence-electron chi connectivity index (χ0n) is 76.6. The standard InChI is InChI=1S/C27H30N6O2.C26H27ClN6O.C26H28N6O.C24H22ClFN6O/c1-18-16-32(11-12-33(18)27(34)31-19(2)21-5-4-6-23(13-21)35-3)26-24-14-22(15-25(24)29-17-30-26)20-7-9-28-10-8-20;1-17-15-32(11-12-33(17)26(34)31-18(2)19-3-5-22(27)6-4-19)25-23-13-21(14-24(23)29-16-30-25)20-7-9-28-10-8-20;1-18-3-5-20(6-4-18)15-28-26(33)32-12-11-31(16-19(32)2)25-23-13-22(14-24(23)29-17-30-25)21-7-9-27-10-8-21;1-15-13-31(8-9-32(15)24(33)30-18-2-3-21(26)20(25)12-18)23-19-10-17(11-22(19)28-14-29-23)16-4-6-27-7-5-16/h4-10,13-14,17-19H,11-12,15-16H2,1-3H3,(H,31,34);3-10,13,16-18H,11-12,14-15H2,1-2H3,(H,31,34);3-10,13,17,19H,11-12,14-16H2,1-2H3,(H,28,33);2-7,10,12,14-15H,8-9,11,13H2,1H3,(H,30,33)/t18-,19+;17-,18+;19-;15-/m1111/s1. The summed E-state index contributed by atoms with van der Waals surface area (Å²) in [6.07, 6.45) is 32.9. The van der Waals surface area contributed by atoms with Crippen LogP contribution in [-0.4, -0.2) is 213 Å². The van der Waals surface area contributed by atoms with Crippen LogP contribution in [0.2, 0.25) is 10.0 Å². The Balaban J connectivity index is 0.000000125. The third kappa shape index (κ3) is 21.7. The van der Waals surface area contributed by atoms with Gasteiger partial charge in [0.1, 0.15) is 60.1 Å². The number of ether oxygens (including phenoxy) is 1. The van der Waals surface area contributed by atoms with Crippen molar-refractivity contribution in [3.05, 3.63) is 320 Å². The summed E-state index contributed by atoms with van der Waals surface area (Å²) in [5.41, 5.74) is 22.7. The molecule has 4 aliphatic heterocycles. The topological polar surface area (TPSA) is 306 Å². The number of carbonyl (C=O) groups is 4. The highest BCUT2D eigenvalue weighted by atomic mass is 35.5. The Morgan fingerprint density at radius 3 is 1.13 bits per heavy atom. The Morgan fingerprint density at radius 1 is 0.415 bits per heavy atom. The van der Waals surface area contributed by atoms with Gasteiger partial charge in [-0.25, -0.2) is 63.4 Å². The Hall–Kier alpha value is -14.7. The summed E-state index contributed by atoms with van der Waals surface area (Å²) in [5, 5.41) is 12.8. The van der Waals surface area contributed by atoms with E-state index in [1.54, 1.807) is 49.7 Å². The van der Waals surface area contributed by atoms with Gasteiger partial charge in [-0.2, -0.15) is 0 Å². The van der Waals surface area contributed by atoms with Crippen LogP contribution in [0, 0.1) is 12.7 Å². The minimum atomic E-state index is -0.518. The molecular formula is C103H107Cl2FN24O5. The number of hydrogen-bond acceptors (Lipinski definition) is 21. The number of hydrogen-bond donors (Lipinski definition) is 4. The molecule has 4 fully saturated rings. The molecule has 20 rings (SSSR count). The number of fused-ring (bicyclic) bond motifs is 4. The van der Waals surface area contributed by atoms with E-state index in [9.17, 15) is 23.6 Å². The fourth-order valence-electron chi connectivity index (χ4n) is 18.4. The smallest absolute Gasteiger partial charge is 0.322 e. The SMILES string of the molecule is COc1cccc([C@H](C)NC(=O)N2CCN(c3ncnc4c3C=C(c3ccncc3)C4)C[C@H]2C)c1.C[C@@H]1CN(c2ncnc3c2C=C(c2ccncc2)C3)CCN1C(=O)Nc1ccc(F)c(Cl)c1.C[C@H](NC(=O)N1CCN(c2ncnc3c2C=C(c2ccncc2)C3)C[C@H]1C)c1ccc(Cl)cc1.Cc1ccc(CNC(=O)N2CCN(c3ncnc4c3C=C(c3ccncc3)C4)C[C@H]2C)cc1. The van der Waals surface area contributed by atoms with Crippen LogP contribution in [0.4, 0.5) is 52.5 Å². The van der Waals surface area contributed by atoms with Crippen molar-refractivity contribution in [1.82, 2.24) is 95.4 Å². The van der Waals surface area contributed by atoms with E-state index >= 15 is 0 Å². The summed E-state index contributed by atoms with van der Waals surface area (Å²) in [7, 11) is 1.65. The number of allylic oxidation sites excluding steroid dienone is 4. The number of anilines is 5. The van der Waals surface area contributed by atoms with Crippen molar-refractivity contribution in [1.29, 1.82) is 0 Å². The summed E-state index contributed by atoms with van der Waals surface area (Å²) in [5.74, 6) is 3.99. The Kier molecular flexibility index (Phi) is 28.7. The maximum atomic E-state index is 13.4. The lowest BCUT2D eigenvalue weighted by atomic mass is 10.1. The lowest BCUT2D eigenvalue weighted by Crippen LogP contribution is -2.57. The van der Waals surface area contributed by atoms with Crippen LogP contribution in [0.5, 0.6) is 5.75 Å². The van der Waals surface area contributed by atoms with Gasteiger partial charge in [0.25, 0.3) is 0 Å². The predicted molar refractivity (Wildman–Crippen MR) is 527 cm³/mol. The number of halogens is 3. The van der Waals surface area contributed by atoms with Crippen molar-refractivity contribution in [3.63, 3.8) is 0 Å². The van der Waals surface area contributed by atoms with Gasteiger partial charge in [-0.05, 0) is 225 Å². The number of amides is 8. The van der Waals surface area contributed by atoms with Gasteiger partial charge in [0, 0.05) is 217 Å². The number of aromatic nitrogens is 12. The zero-order chi connectivity index (χ0) is 93.8. The lowest BCUT2D eigenvalue weighted by Gasteiger charge is -2.41. The van der Waals surface area contributed by atoms with Crippen molar-refractivity contribution in [2.75, 3.05) is 111 Å².